The van der Waals surface area contributed by atoms with Gasteiger partial charge in [0.25, 0.3) is 0 Å². The molecule has 1 amide bonds. The highest BCUT2D eigenvalue weighted by molar-refractivity contribution is 5.88. The van der Waals surface area contributed by atoms with Crippen LogP contribution in [0.5, 0.6) is 0 Å². The molecule has 0 aromatic carbocycles. The summed E-state index contributed by atoms with van der Waals surface area (Å²) in [6, 6.07) is -0.269. The summed E-state index contributed by atoms with van der Waals surface area (Å²) in [6.45, 7) is 5.44. The van der Waals surface area contributed by atoms with Gasteiger partial charge in [-0.3, -0.25) is 9.59 Å². The minimum Gasteiger partial charge on any atom is -0.469 e. The Kier molecular flexibility index (Phi) is 11.9. The summed E-state index contributed by atoms with van der Waals surface area (Å²) in [5.41, 5.74) is 1.82. The van der Waals surface area contributed by atoms with Crippen LogP contribution >= 0.6 is 0 Å². The quantitative estimate of drug-likeness (QED) is 0.235. The zero-order chi connectivity index (χ0) is 18.4. The number of methoxy groups -OCH3 is 1. The van der Waals surface area contributed by atoms with Crippen LogP contribution < -0.4 is 5.32 Å². The Hall–Kier alpha value is -2.32. The van der Waals surface area contributed by atoms with Crippen LogP contribution in [0, 0.1) is 11.8 Å². The number of esters is 1. The first-order chi connectivity index (χ1) is 11.4. The van der Waals surface area contributed by atoms with Crippen molar-refractivity contribution < 1.29 is 19.4 Å². The van der Waals surface area contributed by atoms with Crippen LogP contribution in [0.3, 0.4) is 0 Å². The minimum atomic E-state index is -0.269. The van der Waals surface area contributed by atoms with E-state index >= 15 is 0 Å². The van der Waals surface area contributed by atoms with Crippen molar-refractivity contribution in [2.45, 2.75) is 46.1 Å². The standard InChI is InChI=1S/C19H27NO4/c1-5-17(11-7-6-8-13-19(23)24-4)15(2)10-9-12-18(22)20-16(3)14-21/h5,9-10,12,16,21H,6,8,13-14H2,1-4H3,(H,20,22)/b12-9+,15-10-,17-5-. The average molecular weight is 333 g/mol. The first-order valence-corrected chi connectivity index (χ1v) is 7.93. The molecule has 0 radical (unpaired) electrons. The number of amides is 1. The molecule has 0 aliphatic rings. The number of rotatable bonds is 8. The molecular formula is C19H27NO4. The summed E-state index contributed by atoms with van der Waals surface area (Å²) in [7, 11) is 1.37. The van der Waals surface area contributed by atoms with Crippen molar-refractivity contribution >= 4 is 11.9 Å². The summed E-state index contributed by atoms with van der Waals surface area (Å²) < 4.78 is 4.57. The van der Waals surface area contributed by atoms with E-state index in [1.165, 1.54) is 13.2 Å². The molecule has 5 nitrogen and oxygen atoms in total. The lowest BCUT2D eigenvalue weighted by Gasteiger charge is -2.07. The minimum absolute atomic E-state index is 0.0945. The highest BCUT2D eigenvalue weighted by atomic mass is 16.5. The van der Waals surface area contributed by atoms with Crippen molar-refractivity contribution in [3.8, 4) is 11.8 Å². The van der Waals surface area contributed by atoms with Gasteiger partial charge in [-0.15, -0.1) is 0 Å². The number of aliphatic hydroxyl groups excluding tert-OH is 1. The molecular weight excluding hydrogens is 306 g/mol. The normalized spacial score (nSPS) is 13.2. The van der Waals surface area contributed by atoms with E-state index in [0.29, 0.717) is 19.3 Å². The van der Waals surface area contributed by atoms with E-state index in [1.807, 2.05) is 26.0 Å². The molecule has 0 saturated carbocycles. The van der Waals surface area contributed by atoms with Gasteiger partial charge in [0.1, 0.15) is 0 Å². The number of ether oxygens (including phenoxy) is 1. The molecule has 0 fully saturated rings. The Morgan fingerprint density at radius 2 is 2.08 bits per heavy atom. The van der Waals surface area contributed by atoms with Crippen molar-refractivity contribution in [1.29, 1.82) is 0 Å². The Morgan fingerprint density at radius 1 is 1.38 bits per heavy atom. The van der Waals surface area contributed by atoms with Crippen molar-refractivity contribution in [2.24, 2.45) is 0 Å². The topological polar surface area (TPSA) is 75.6 Å². The Bertz CT molecular complexity index is 562. The van der Waals surface area contributed by atoms with Crippen LogP contribution in [0.25, 0.3) is 0 Å². The van der Waals surface area contributed by atoms with Crippen LogP contribution in [-0.2, 0) is 14.3 Å². The van der Waals surface area contributed by atoms with Crippen LogP contribution in [0.15, 0.2) is 35.5 Å². The molecule has 0 saturated heterocycles. The fourth-order valence-corrected chi connectivity index (χ4v) is 1.69. The van der Waals surface area contributed by atoms with Crippen molar-refractivity contribution in [2.75, 3.05) is 13.7 Å². The lowest BCUT2D eigenvalue weighted by molar-refractivity contribution is -0.140. The Morgan fingerprint density at radius 3 is 2.67 bits per heavy atom. The van der Waals surface area contributed by atoms with Gasteiger partial charge in [-0.05, 0) is 32.8 Å². The molecule has 132 valence electrons. The van der Waals surface area contributed by atoms with E-state index in [0.717, 1.165) is 11.1 Å². The third-order valence-electron chi connectivity index (χ3n) is 3.10. The van der Waals surface area contributed by atoms with Crippen LogP contribution in [0.4, 0.5) is 0 Å². The van der Waals surface area contributed by atoms with Gasteiger partial charge in [-0.1, -0.05) is 30.1 Å². The molecule has 0 bridgehead atoms. The average Bonchev–Trinajstić information content (AvgIpc) is 2.57. The monoisotopic (exact) mass is 333 g/mol. The third kappa shape index (κ3) is 10.4. The van der Waals surface area contributed by atoms with Crippen molar-refractivity contribution in [3.63, 3.8) is 0 Å². The summed E-state index contributed by atoms with van der Waals surface area (Å²) in [4.78, 5) is 22.5. The maximum absolute atomic E-state index is 11.5. The van der Waals surface area contributed by atoms with E-state index in [2.05, 4.69) is 21.9 Å². The van der Waals surface area contributed by atoms with Crippen LogP contribution in [0.2, 0.25) is 0 Å². The second-order valence-corrected chi connectivity index (χ2v) is 5.23. The summed E-state index contributed by atoms with van der Waals surface area (Å²) in [5, 5.41) is 11.5. The SMILES string of the molecule is C\C=C(C#CCCCC(=O)OC)/C(C)=C\C=C\C(=O)NC(C)CO. The molecule has 2 N–H and O–H groups in total. The van der Waals surface area contributed by atoms with E-state index in [9.17, 15) is 9.59 Å². The number of carbonyl (C=O) groups excluding carboxylic acids is 2. The molecule has 1 unspecified atom stereocenters. The third-order valence-corrected chi connectivity index (χ3v) is 3.10. The molecule has 0 aliphatic carbocycles. The smallest absolute Gasteiger partial charge is 0.305 e. The van der Waals surface area contributed by atoms with Gasteiger partial charge in [0.2, 0.25) is 5.91 Å². The first-order valence-electron chi connectivity index (χ1n) is 7.93. The largest absolute Gasteiger partial charge is 0.469 e. The van der Waals surface area contributed by atoms with Gasteiger partial charge in [0, 0.05) is 30.5 Å². The molecule has 0 spiro atoms. The number of hydrogen-bond acceptors (Lipinski definition) is 4. The zero-order valence-corrected chi connectivity index (χ0v) is 14.9. The second-order valence-electron chi connectivity index (χ2n) is 5.23. The summed E-state index contributed by atoms with van der Waals surface area (Å²) in [5.74, 6) is 5.62. The predicted octanol–water partition coefficient (Wildman–Crippen LogP) is 2.28. The number of unbranched alkanes of at least 4 members (excludes halogenated alkanes) is 1. The molecule has 0 heterocycles. The summed E-state index contributed by atoms with van der Waals surface area (Å²) >= 11 is 0. The number of carbonyl (C=O) groups is 2. The van der Waals surface area contributed by atoms with E-state index in [4.69, 9.17) is 5.11 Å². The van der Waals surface area contributed by atoms with E-state index in [-0.39, 0.29) is 24.5 Å². The Balaban J connectivity index is 4.51. The number of nitrogens with one attached hydrogen (secondary N) is 1. The zero-order valence-electron chi connectivity index (χ0n) is 14.9. The van der Waals surface area contributed by atoms with Crippen molar-refractivity contribution in [1.82, 2.24) is 5.32 Å². The lowest BCUT2D eigenvalue weighted by Crippen LogP contribution is -2.33. The Labute approximate surface area is 144 Å². The van der Waals surface area contributed by atoms with Gasteiger partial charge in [0.15, 0.2) is 0 Å². The number of hydrogen-bond donors (Lipinski definition) is 2. The van der Waals surface area contributed by atoms with Crippen LogP contribution in [-0.4, -0.2) is 36.7 Å². The van der Waals surface area contributed by atoms with Crippen LogP contribution in [0.1, 0.15) is 40.0 Å². The highest BCUT2D eigenvalue weighted by Gasteiger charge is 2.01. The second kappa shape index (κ2) is 13.1. The predicted molar refractivity (Wildman–Crippen MR) is 95.0 cm³/mol. The maximum atomic E-state index is 11.5. The molecule has 24 heavy (non-hydrogen) atoms. The van der Waals surface area contributed by atoms with E-state index < -0.39 is 0 Å². The molecule has 0 aromatic heterocycles. The maximum Gasteiger partial charge on any atom is 0.305 e. The van der Waals surface area contributed by atoms with Crippen molar-refractivity contribution in [3.05, 3.63) is 35.5 Å². The van der Waals surface area contributed by atoms with Gasteiger partial charge in [-0.2, -0.15) is 0 Å². The number of allylic oxidation sites excluding steroid dienone is 5. The molecule has 0 aromatic rings. The molecule has 5 heteroatoms. The lowest BCUT2D eigenvalue weighted by atomic mass is 10.1. The summed E-state index contributed by atoms with van der Waals surface area (Å²) in [6.07, 6.45) is 8.43. The number of aliphatic hydroxyl groups is 1. The molecule has 0 rings (SSSR count). The molecule has 0 aliphatic heterocycles. The van der Waals surface area contributed by atoms with E-state index in [1.54, 1.807) is 13.0 Å². The van der Waals surface area contributed by atoms with Gasteiger partial charge in [0.05, 0.1) is 13.7 Å². The first kappa shape index (κ1) is 21.7. The highest BCUT2D eigenvalue weighted by Crippen LogP contribution is 2.08. The fourth-order valence-electron chi connectivity index (χ4n) is 1.69. The fraction of sp³-hybridized carbons (Fsp3) is 0.474. The molecule has 1 atom stereocenters. The van der Waals surface area contributed by atoms with Gasteiger partial charge in [-0.25, -0.2) is 0 Å². The van der Waals surface area contributed by atoms with Gasteiger partial charge < -0.3 is 15.2 Å². The van der Waals surface area contributed by atoms with Gasteiger partial charge >= 0.3 is 5.97 Å².